The summed E-state index contributed by atoms with van der Waals surface area (Å²) in [5.74, 6) is 3.08. The summed E-state index contributed by atoms with van der Waals surface area (Å²) < 4.78 is 51.9. The Kier molecular flexibility index (Phi) is 4.40. The molecule has 2 aromatic rings. The summed E-state index contributed by atoms with van der Waals surface area (Å²) in [5.41, 5.74) is 2.44. The minimum atomic E-state index is -3.87. The standard InChI is InChI=1S/C11H11F2N5O2S/c12-9-2-1-7(3-10(9)13)4-17-21(19,20)8-5-15-11(18-14)16-6-8/h1-3,5-6,17H,4,14H2,(H,15,16,18). The molecule has 0 atom stereocenters. The lowest BCUT2D eigenvalue weighted by Gasteiger charge is -2.07. The van der Waals surface area contributed by atoms with Gasteiger partial charge in [-0.3, -0.25) is 5.43 Å². The van der Waals surface area contributed by atoms with E-state index < -0.39 is 21.7 Å². The van der Waals surface area contributed by atoms with Gasteiger partial charge in [-0.1, -0.05) is 6.07 Å². The maximum absolute atomic E-state index is 13.0. The third-order valence-corrected chi connectivity index (χ3v) is 3.87. The smallest absolute Gasteiger partial charge is 0.243 e. The first-order chi connectivity index (χ1) is 9.92. The Labute approximate surface area is 119 Å². The van der Waals surface area contributed by atoms with Crippen LogP contribution in [0.4, 0.5) is 14.7 Å². The number of anilines is 1. The van der Waals surface area contributed by atoms with Gasteiger partial charge in [-0.2, -0.15) is 0 Å². The van der Waals surface area contributed by atoms with Crippen molar-refractivity contribution in [1.82, 2.24) is 14.7 Å². The lowest BCUT2D eigenvalue weighted by Crippen LogP contribution is -2.24. The van der Waals surface area contributed by atoms with Gasteiger partial charge in [0.15, 0.2) is 11.6 Å². The van der Waals surface area contributed by atoms with Gasteiger partial charge in [-0.15, -0.1) is 0 Å². The number of nitrogens with zero attached hydrogens (tertiary/aromatic N) is 2. The first-order valence-electron chi connectivity index (χ1n) is 5.64. The van der Waals surface area contributed by atoms with Gasteiger partial charge in [-0.05, 0) is 17.7 Å². The fourth-order valence-corrected chi connectivity index (χ4v) is 2.35. The van der Waals surface area contributed by atoms with Crippen molar-refractivity contribution in [2.75, 3.05) is 5.43 Å². The van der Waals surface area contributed by atoms with Crippen LogP contribution in [0.3, 0.4) is 0 Å². The van der Waals surface area contributed by atoms with Crippen molar-refractivity contribution < 1.29 is 17.2 Å². The van der Waals surface area contributed by atoms with Crippen molar-refractivity contribution >= 4 is 16.0 Å². The molecule has 21 heavy (non-hydrogen) atoms. The number of aromatic nitrogens is 2. The molecule has 0 fully saturated rings. The van der Waals surface area contributed by atoms with Crippen LogP contribution in [0.1, 0.15) is 5.56 Å². The second-order valence-corrected chi connectivity index (χ2v) is 5.73. The number of hydrazine groups is 1. The van der Waals surface area contributed by atoms with Crippen LogP contribution in [0.15, 0.2) is 35.5 Å². The molecule has 0 aliphatic rings. The summed E-state index contributed by atoms with van der Waals surface area (Å²) in [6.45, 7) is -0.198. The Morgan fingerprint density at radius 3 is 2.38 bits per heavy atom. The van der Waals surface area contributed by atoms with E-state index in [1.807, 2.05) is 0 Å². The number of benzene rings is 1. The first kappa shape index (κ1) is 15.2. The number of hydrogen-bond acceptors (Lipinski definition) is 6. The number of nitrogens with two attached hydrogens (primary N) is 1. The third-order valence-electron chi connectivity index (χ3n) is 2.52. The number of nitrogens with one attached hydrogen (secondary N) is 2. The minimum absolute atomic E-state index is 0.0644. The van der Waals surface area contributed by atoms with Crippen molar-refractivity contribution in [3.05, 3.63) is 47.8 Å². The van der Waals surface area contributed by atoms with E-state index >= 15 is 0 Å². The van der Waals surface area contributed by atoms with E-state index in [9.17, 15) is 17.2 Å². The summed E-state index contributed by atoms with van der Waals surface area (Å²) in [4.78, 5) is 7.16. The Bertz CT molecular complexity index is 737. The maximum Gasteiger partial charge on any atom is 0.243 e. The van der Waals surface area contributed by atoms with E-state index in [1.54, 1.807) is 0 Å². The molecular formula is C11H11F2N5O2S. The zero-order valence-electron chi connectivity index (χ0n) is 10.5. The third kappa shape index (κ3) is 3.68. The summed E-state index contributed by atoms with van der Waals surface area (Å²) >= 11 is 0. The average molecular weight is 315 g/mol. The van der Waals surface area contributed by atoms with Crippen LogP contribution < -0.4 is 16.0 Å². The monoisotopic (exact) mass is 315 g/mol. The van der Waals surface area contributed by atoms with Crippen LogP contribution in [-0.4, -0.2) is 18.4 Å². The lowest BCUT2D eigenvalue weighted by molar-refractivity contribution is 0.506. The number of halogens is 2. The SMILES string of the molecule is NNc1ncc(S(=O)(=O)NCc2ccc(F)c(F)c2)cn1. The highest BCUT2D eigenvalue weighted by molar-refractivity contribution is 7.89. The largest absolute Gasteiger partial charge is 0.292 e. The van der Waals surface area contributed by atoms with Crippen LogP contribution in [-0.2, 0) is 16.6 Å². The highest BCUT2D eigenvalue weighted by atomic mass is 32.2. The van der Waals surface area contributed by atoms with E-state index in [2.05, 4.69) is 20.1 Å². The molecular weight excluding hydrogens is 304 g/mol. The second kappa shape index (κ2) is 6.08. The number of rotatable bonds is 5. The highest BCUT2D eigenvalue weighted by Crippen LogP contribution is 2.11. The Balaban J connectivity index is 2.11. The van der Waals surface area contributed by atoms with Gasteiger partial charge in [0.25, 0.3) is 0 Å². The molecule has 112 valence electrons. The molecule has 0 aliphatic carbocycles. The number of hydrogen-bond donors (Lipinski definition) is 3. The van der Waals surface area contributed by atoms with Crippen molar-refractivity contribution in [2.24, 2.45) is 5.84 Å². The molecule has 0 aliphatic heterocycles. The molecule has 2 rings (SSSR count). The fourth-order valence-electron chi connectivity index (χ4n) is 1.44. The summed E-state index contributed by atoms with van der Waals surface area (Å²) in [5, 5.41) is 0. The van der Waals surface area contributed by atoms with Crippen LogP contribution in [0.25, 0.3) is 0 Å². The first-order valence-corrected chi connectivity index (χ1v) is 7.13. The maximum atomic E-state index is 13.0. The molecule has 0 saturated carbocycles. The quantitative estimate of drug-likeness (QED) is 0.548. The van der Waals surface area contributed by atoms with E-state index in [0.717, 1.165) is 24.5 Å². The zero-order chi connectivity index (χ0) is 15.5. The Hall–Kier alpha value is -2.17. The molecule has 7 nitrogen and oxygen atoms in total. The second-order valence-electron chi connectivity index (χ2n) is 3.96. The molecule has 1 aromatic heterocycles. The van der Waals surface area contributed by atoms with Gasteiger partial charge in [0.2, 0.25) is 16.0 Å². The number of sulfonamides is 1. The highest BCUT2D eigenvalue weighted by Gasteiger charge is 2.15. The van der Waals surface area contributed by atoms with Crippen molar-refractivity contribution in [3.63, 3.8) is 0 Å². The van der Waals surface area contributed by atoms with Crippen molar-refractivity contribution in [2.45, 2.75) is 11.4 Å². The van der Waals surface area contributed by atoms with Gasteiger partial charge < -0.3 is 0 Å². The molecule has 0 unspecified atom stereocenters. The van der Waals surface area contributed by atoms with Gasteiger partial charge in [0, 0.05) is 6.54 Å². The molecule has 0 saturated heterocycles. The zero-order valence-corrected chi connectivity index (χ0v) is 11.4. The average Bonchev–Trinajstić information content (AvgIpc) is 2.48. The predicted molar refractivity (Wildman–Crippen MR) is 70.2 cm³/mol. The molecule has 0 amide bonds. The topological polar surface area (TPSA) is 110 Å². The normalized spacial score (nSPS) is 11.4. The van der Waals surface area contributed by atoms with Crippen LogP contribution in [0, 0.1) is 11.6 Å². The van der Waals surface area contributed by atoms with Crippen LogP contribution in [0.2, 0.25) is 0 Å². The van der Waals surface area contributed by atoms with Crippen molar-refractivity contribution in [3.8, 4) is 0 Å². The van der Waals surface area contributed by atoms with Gasteiger partial charge in [0.05, 0.1) is 12.4 Å². The molecule has 10 heteroatoms. The van der Waals surface area contributed by atoms with Gasteiger partial charge in [-0.25, -0.2) is 37.7 Å². The molecule has 4 N–H and O–H groups in total. The summed E-state index contributed by atoms with van der Waals surface area (Å²) in [6, 6.07) is 3.11. The summed E-state index contributed by atoms with van der Waals surface area (Å²) in [6.07, 6.45) is 2.13. The Morgan fingerprint density at radius 2 is 1.81 bits per heavy atom. The molecule has 0 radical (unpaired) electrons. The van der Waals surface area contributed by atoms with Crippen LogP contribution in [0.5, 0.6) is 0 Å². The predicted octanol–water partition coefficient (Wildman–Crippen LogP) is 0.519. The molecule has 0 bridgehead atoms. The summed E-state index contributed by atoms with van der Waals surface area (Å²) in [7, 11) is -3.87. The van der Waals surface area contributed by atoms with Gasteiger partial charge >= 0.3 is 0 Å². The molecule has 1 aromatic carbocycles. The van der Waals surface area contributed by atoms with Gasteiger partial charge in [0.1, 0.15) is 4.90 Å². The van der Waals surface area contributed by atoms with E-state index in [1.165, 1.54) is 6.07 Å². The fraction of sp³-hybridized carbons (Fsp3) is 0.0909. The van der Waals surface area contributed by atoms with Crippen LogP contribution >= 0.6 is 0 Å². The Morgan fingerprint density at radius 1 is 1.14 bits per heavy atom. The van der Waals surface area contributed by atoms with E-state index in [4.69, 9.17) is 5.84 Å². The van der Waals surface area contributed by atoms with E-state index in [0.29, 0.717) is 0 Å². The lowest BCUT2D eigenvalue weighted by atomic mass is 10.2. The number of nitrogen functional groups attached to an aromatic ring is 1. The minimum Gasteiger partial charge on any atom is -0.292 e. The molecule has 1 heterocycles. The van der Waals surface area contributed by atoms with E-state index in [-0.39, 0.29) is 23.0 Å². The van der Waals surface area contributed by atoms with Crippen molar-refractivity contribution in [1.29, 1.82) is 0 Å². The molecule has 0 spiro atoms.